The van der Waals surface area contributed by atoms with E-state index in [0.717, 1.165) is 35.8 Å². The molecule has 0 spiro atoms. The molecule has 1 fully saturated rings. The lowest BCUT2D eigenvalue weighted by atomic mass is 10.2. The van der Waals surface area contributed by atoms with Gasteiger partial charge in [0.25, 0.3) is 0 Å². The van der Waals surface area contributed by atoms with Gasteiger partial charge in [-0.1, -0.05) is 6.07 Å². The number of ether oxygens (including phenoxy) is 1. The number of thiazole rings is 1. The molecule has 1 N–H and O–H groups in total. The fraction of sp³-hybridized carbons (Fsp3) is 0.471. The van der Waals surface area contributed by atoms with Crippen molar-refractivity contribution in [3.05, 3.63) is 46.2 Å². The SMILES string of the molecule is Cc1csc(CNC(=O)N(Cc2ccccn2)CC2CCCO2)n1. The molecule has 0 radical (unpaired) electrons. The smallest absolute Gasteiger partial charge is 0.318 e. The third kappa shape index (κ3) is 4.75. The summed E-state index contributed by atoms with van der Waals surface area (Å²) in [4.78, 5) is 23.1. The molecule has 6 nitrogen and oxygen atoms in total. The van der Waals surface area contributed by atoms with Gasteiger partial charge in [0, 0.05) is 30.4 Å². The lowest BCUT2D eigenvalue weighted by Gasteiger charge is -2.25. The predicted octanol–water partition coefficient (Wildman–Crippen LogP) is 2.74. The van der Waals surface area contributed by atoms with Gasteiger partial charge in [-0.3, -0.25) is 4.98 Å². The highest BCUT2D eigenvalue weighted by Gasteiger charge is 2.23. The van der Waals surface area contributed by atoms with Crippen molar-refractivity contribution in [3.63, 3.8) is 0 Å². The van der Waals surface area contributed by atoms with Crippen LogP contribution in [0.4, 0.5) is 4.79 Å². The minimum atomic E-state index is -0.107. The van der Waals surface area contributed by atoms with Crippen molar-refractivity contribution in [2.75, 3.05) is 13.2 Å². The van der Waals surface area contributed by atoms with Crippen molar-refractivity contribution in [3.8, 4) is 0 Å². The van der Waals surface area contributed by atoms with E-state index in [2.05, 4.69) is 15.3 Å². The first-order valence-electron chi connectivity index (χ1n) is 8.16. The van der Waals surface area contributed by atoms with Crippen LogP contribution in [-0.4, -0.2) is 40.2 Å². The summed E-state index contributed by atoms with van der Waals surface area (Å²) in [7, 11) is 0. The van der Waals surface area contributed by atoms with Crippen LogP contribution in [0.15, 0.2) is 29.8 Å². The van der Waals surface area contributed by atoms with Crippen LogP contribution in [0.5, 0.6) is 0 Å². The summed E-state index contributed by atoms with van der Waals surface area (Å²) < 4.78 is 5.69. The van der Waals surface area contributed by atoms with Gasteiger partial charge in [-0.2, -0.15) is 0 Å². The zero-order chi connectivity index (χ0) is 16.8. The maximum absolute atomic E-state index is 12.6. The van der Waals surface area contributed by atoms with Crippen molar-refractivity contribution >= 4 is 17.4 Å². The average molecular weight is 346 g/mol. The third-order valence-electron chi connectivity index (χ3n) is 3.87. The van der Waals surface area contributed by atoms with E-state index in [0.29, 0.717) is 19.6 Å². The number of amides is 2. The molecule has 0 saturated carbocycles. The summed E-state index contributed by atoms with van der Waals surface area (Å²) in [5, 5.41) is 5.86. The summed E-state index contributed by atoms with van der Waals surface area (Å²) in [6.45, 7) is 4.24. The zero-order valence-electron chi connectivity index (χ0n) is 13.8. The average Bonchev–Trinajstić information content (AvgIpc) is 3.24. The number of rotatable bonds is 6. The van der Waals surface area contributed by atoms with Crippen molar-refractivity contribution in [2.45, 2.75) is 39.0 Å². The topological polar surface area (TPSA) is 67.4 Å². The second-order valence-electron chi connectivity index (χ2n) is 5.88. The van der Waals surface area contributed by atoms with Crippen LogP contribution in [-0.2, 0) is 17.8 Å². The Kier molecular flexibility index (Phi) is 5.77. The number of urea groups is 1. The number of hydrogen-bond donors (Lipinski definition) is 1. The molecule has 2 amide bonds. The first kappa shape index (κ1) is 16.9. The quantitative estimate of drug-likeness (QED) is 0.873. The Bertz CT molecular complexity index is 656. The van der Waals surface area contributed by atoms with Crippen LogP contribution in [0.25, 0.3) is 0 Å². The largest absolute Gasteiger partial charge is 0.376 e. The van der Waals surface area contributed by atoms with E-state index in [1.165, 1.54) is 0 Å². The number of carbonyl (C=O) groups is 1. The molecule has 128 valence electrons. The van der Waals surface area contributed by atoms with Crippen molar-refractivity contribution in [1.82, 2.24) is 20.2 Å². The summed E-state index contributed by atoms with van der Waals surface area (Å²) in [6, 6.07) is 5.63. The van der Waals surface area contributed by atoms with Gasteiger partial charge in [0.1, 0.15) is 5.01 Å². The molecule has 1 saturated heterocycles. The molecule has 24 heavy (non-hydrogen) atoms. The van der Waals surface area contributed by atoms with E-state index in [4.69, 9.17) is 4.74 Å². The van der Waals surface area contributed by atoms with Crippen LogP contribution < -0.4 is 5.32 Å². The molecule has 3 heterocycles. The molecule has 0 bridgehead atoms. The highest BCUT2D eigenvalue weighted by Crippen LogP contribution is 2.15. The second-order valence-corrected chi connectivity index (χ2v) is 6.82. The standard InChI is InChI=1S/C17H22N4O2S/c1-13-12-24-16(20-13)9-19-17(22)21(11-15-6-4-8-23-15)10-14-5-2-3-7-18-14/h2-3,5,7,12,15H,4,6,8-11H2,1H3,(H,19,22). The fourth-order valence-electron chi connectivity index (χ4n) is 2.69. The lowest BCUT2D eigenvalue weighted by molar-refractivity contribution is 0.0791. The Morgan fingerprint density at radius 3 is 3.08 bits per heavy atom. The summed E-state index contributed by atoms with van der Waals surface area (Å²) in [6.07, 6.45) is 3.91. The Labute approximate surface area is 145 Å². The van der Waals surface area contributed by atoms with E-state index in [1.54, 1.807) is 22.4 Å². The molecule has 7 heteroatoms. The van der Waals surface area contributed by atoms with Gasteiger partial charge < -0.3 is 15.0 Å². The highest BCUT2D eigenvalue weighted by molar-refractivity contribution is 7.09. The minimum absolute atomic E-state index is 0.107. The molecule has 0 aliphatic carbocycles. The van der Waals surface area contributed by atoms with Crippen molar-refractivity contribution in [2.24, 2.45) is 0 Å². The molecule has 0 aromatic carbocycles. The molecule has 2 aromatic heterocycles. The number of aryl methyl sites for hydroxylation is 1. The first-order chi connectivity index (χ1) is 11.7. The number of aromatic nitrogens is 2. The highest BCUT2D eigenvalue weighted by atomic mass is 32.1. The normalized spacial score (nSPS) is 17.0. The molecular formula is C17H22N4O2S. The molecule has 2 aromatic rings. The molecule has 1 unspecified atom stereocenters. The molecule has 1 aliphatic heterocycles. The number of nitrogens with one attached hydrogen (secondary N) is 1. The van der Waals surface area contributed by atoms with E-state index in [9.17, 15) is 4.79 Å². The monoisotopic (exact) mass is 346 g/mol. The lowest BCUT2D eigenvalue weighted by Crippen LogP contribution is -2.43. The molecule has 1 aliphatic rings. The maximum atomic E-state index is 12.6. The Morgan fingerprint density at radius 1 is 1.50 bits per heavy atom. The van der Waals surface area contributed by atoms with Crippen LogP contribution in [0.3, 0.4) is 0 Å². The number of nitrogens with zero attached hydrogens (tertiary/aromatic N) is 3. The summed E-state index contributed by atoms with van der Waals surface area (Å²) >= 11 is 1.56. The van der Waals surface area contributed by atoms with Gasteiger partial charge >= 0.3 is 6.03 Å². The van der Waals surface area contributed by atoms with E-state index >= 15 is 0 Å². The van der Waals surface area contributed by atoms with Gasteiger partial charge in [-0.05, 0) is 31.9 Å². The maximum Gasteiger partial charge on any atom is 0.318 e. The van der Waals surface area contributed by atoms with Gasteiger partial charge in [-0.15, -0.1) is 11.3 Å². The Balaban J connectivity index is 1.61. The van der Waals surface area contributed by atoms with Gasteiger partial charge in [0.15, 0.2) is 0 Å². The number of carbonyl (C=O) groups excluding carboxylic acids is 1. The third-order valence-corrected chi connectivity index (χ3v) is 4.84. The Morgan fingerprint density at radius 2 is 2.42 bits per heavy atom. The Hall–Kier alpha value is -1.99. The van der Waals surface area contributed by atoms with Crippen LogP contribution in [0.2, 0.25) is 0 Å². The van der Waals surface area contributed by atoms with Gasteiger partial charge in [0.2, 0.25) is 0 Å². The fourth-order valence-corrected chi connectivity index (χ4v) is 3.40. The van der Waals surface area contributed by atoms with Crippen LogP contribution in [0, 0.1) is 6.92 Å². The predicted molar refractivity (Wildman–Crippen MR) is 92.7 cm³/mol. The van der Waals surface area contributed by atoms with Crippen LogP contribution >= 0.6 is 11.3 Å². The second kappa shape index (κ2) is 8.21. The van der Waals surface area contributed by atoms with Crippen LogP contribution in [0.1, 0.15) is 29.2 Å². The zero-order valence-corrected chi connectivity index (χ0v) is 14.6. The van der Waals surface area contributed by atoms with Crippen molar-refractivity contribution < 1.29 is 9.53 Å². The van der Waals surface area contributed by atoms with Gasteiger partial charge in [-0.25, -0.2) is 9.78 Å². The number of hydrogen-bond acceptors (Lipinski definition) is 5. The molecule has 1 atom stereocenters. The number of pyridine rings is 1. The van der Waals surface area contributed by atoms with Gasteiger partial charge in [0.05, 0.1) is 24.9 Å². The molecule has 3 rings (SSSR count). The minimum Gasteiger partial charge on any atom is -0.376 e. The summed E-state index contributed by atoms with van der Waals surface area (Å²) in [5.74, 6) is 0. The van der Waals surface area contributed by atoms with E-state index < -0.39 is 0 Å². The molecular weight excluding hydrogens is 324 g/mol. The van der Waals surface area contributed by atoms with E-state index in [-0.39, 0.29) is 12.1 Å². The van der Waals surface area contributed by atoms with E-state index in [1.807, 2.05) is 30.5 Å². The van der Waals surface area contributed by atoms with Crippen molar-refractivity contribution in [1.29, 1.82) is 0 Å². The first-order valence-corrected chi connectivity index (χ1v) is 9.04. The summed E-state index contributed by atoms with van der Waals surface area (Å²) in [5.41, 5.74) is 1.85.